The fraction of sp³-hybridized carbons (Fsp3) is 0. The molecule has 1 aliphatic carbocycles. The standard InChI is InChI=1S/C42H27N/c1-2-12-32-31(11-1)33-13-3-4-15-35(33)37-26-23-29(27-40(37)36-16-6-5-14-34(32)36)28-21-24-30(25-22-28)43-41-19-9-7-17-38(41)39-18-8-10-20-42(39)43/h1-27H. The van der Waals surface area contributed by atoms with Crippen LogP contribution in [0, 0.1) is 0 Å². The van der Waals surface area contributed by atoms with E-state index in [1.807, 2.05) is 0 Å². The highest BCUT2D eigenvalue weighted by Crippen LogP contribution is 2.48. The Morgan fingerprint density at radius 2 is 0.651 bits per heavy atom. The van der Waals surface area contributed by atoms with Gasteiger partial charge in [0.25, 0.3) is 0 Å². The second-order valence-corrected chi connectivity index (χ2v) is 11.3. The van der Waals surface area contributed by atoms with Crippen LogP contribution in [-0.2, 0) is 0 Å². The molecule has 1 heteroatoms. The number of hydrogen-bond acceptors (Lipinski definition) is 0. The van der Waals surface area contributed by atoms with Crippen molar-refractivity contribution in [2.24, 2.45) is 0 Å². The van der Waals surface area contributed by atoms with E-state index in [0.29, 0.717) is 0 Å². The highest BCUT2D eigenvalue weighted by molar-refractivity contribution is 6.09. The molecule has 0 saturated heterocycles. The summed E-state index contributed by atoms with van der Waals surface area (Å²) in [6, 6.07) is 59.8. The lowest BCUT2D eigenvalue weighted by molar-refractivity contribution is 1.18. The summed E-state index contributed by atoms with van der Waals surface area (Å²) in [6.07, 6.45) is 0. The number of fused-ring (bicyclic) bond motifs is 11. The second kappa shape index (κ2) is 9.44. The van der Waals surface area contributed by atoms with Gasteiger partial charge in [0.15, 0.2) is 0 Å². The molecule has 0 unspecified atom stereocenters. The Kier molecular flexibility index (Phi) is 5.27. The van der Waals surface area contributed by atoms with Gasteiger partial charge >= 0.3 is 0 Å². The molecule has 1 aromatic heterocycles. The van der Waals surface area contributed by atoms with Gasteiger partial charge in [-0.25, -0.2) is 0 Å². The lowest BCUT2D eigenvalue weighted by atomic mass is 9.80. The second-order valence-electron chi connectivity index (χ2n) is 11.3. The summed E-state index contributed by atoms with van der Waals surface area (Å²) in [5.41, 5.74) is 16.2. The van der Waals surface area contributed by atoms with Gasteiger partial charge in [-0.1, -0.05) is 133 Å². The molecule has 8 aromatic rings. The summed E-state index contributed by atoms with van der Waals surface area (Å²) in [5, 5.41) is 2.56. The van der Waals surface area contributed by atoms with E-state index in [1.165, 1.54) is 83.1 Å². The van der Waals surface area contributed by atoms with E-state index in [9.17, 15) is 0 Å². The Labute approximate surface area is 250 Å². The Morgan fingerprint density at radius 3 is 1.14 bits per heavy atom. The zero-order chi connectivity index (χ0) is 28.3. The Morgan fingerprint density at radius 1 is 0.279 bits per heavy atom. The fourth-order valence-corrected chi connectivity index (χ4v) is 7.04. The topological polar surface area (TPSA) is 4.93 Å². The zero-order valence-electron chi connectivity index (χ0n) is 23.5. The van der Waals surface area contributed by atoms with Crippen molar-refractivity contribution in [3.63, 3.8) is 0 Å². The largest absolute Gasteiger partial charge is 0.309 e. The van der Waals surface area contributed by atoms with Crippen LogP contribution in [0.5, 0.6) is 0 Å². The maximum atomic E-state index is 2.38. The van der Waals surface area contributed by atoms with Crippen LogP contribution in [0.3, 0.4) is 0 Å². The molecule has 0 N–H and O–H groups in total. The molecular formula is C42H27N. The van der Waals surface area contributed by atoms with E-state index >= 15 is 0 Å². The Hall–Kier alpha value is -5.66. The van der Waals surface area contributed by atoms with Crippen LogP contribution in [0.1, 0.15) is 0 Å². The van der Waals surface area contributed by atoms with Crippen molar-refractivity contribution in [2.45, 2.75) is 0 Å². The van der Waals surface area contributed by atoms with Crippen LogP contribution in [0.25, 0.3) is 83.1 Å². The molecule has 7 aromatic carbocycles. The predicted octanol–water partition coefficient (Wildman–Crippen LogP) is 11.4. The number of nitrogens with zero attached hydrogens (tertiary/aromatic N) is 1. The molecule has 0 spiro atoms. The van der Waals surface area contributed by atoms with Crippen molar-refractivity contribution in [3.8, 4) is 61.3 Å². The minimum atomic E-state index is 1.17. The first kappa shape index (κ1) is 24.0. The van der Waals surface area contributed by atoms with Gasteiger partial charge < -0.3 is 4.57 Å². The average molecular weight is 546 g/mol. The average Bonchev–Trinajstić information content (AvgIpc) is 3.42. The number of benzene rings is 7. The van der Waals surface area contributed by atoms with Crippen LogP contribution < -0.4 is 0 Å². The van der Waals surface area contributed by atoms with Crippen molar-refractivity contribution in [3.05, 3.63) is 164 Å². The number of rotatable bonds is 2. The molecule has 1 nitrogen and oxygen atoms in total. The molecule has 0 saturated carbocycles. The zero-order valence-corrected chi connectivity index (χ0v) is 23.5. The number of hydrogen-bond donors (Lipinski definition) is 0. The molecule has 1 aliphatic rings. The normalized spacial score (nSPS) is 11.7. The molecule has 0 atom stereocenters. The SMILES string of the molecule is c1ccc2c(c1)-c1ccccc1-c1ccc(-c3ccc(-n4c5ccccc5c5ccccc54)cc3)cc1-c1ccccc1-2. The van der Waals surface area contributed by atoms with E-state index < -0.39 is 0 Å². The number of aromatic nitrogens is 1. The quantitative estimate of drug-likeness (QED) is 0.204. The summed E-state index contributed by atoms with van der Waals surface area (Å²) in [7, 11) is 0. The highest BCUT2D eigenvalue weighted by atomic mass is 15.0. The third kappa shape index (κ3) is 3.65. The third-order valence-electron chi connectivity index (χ3n) is 9.00. The van der Waals surface area contributed by atoms with E-state index in [2.05, 4.69) is 168 Å². The van der Waals surface area contributed by atoms with Gasteiger partial charge in [-0.3, -0.25) is 0 Å². The Balaban J connectivity index is 1.22. The monoisotopic (exact) mass is 545 g/mol. The van der Waals surface area contributed by atoms with Crippen LogP contribution in [0.15, 0.2) is 164 Å². The van der Waals surface area contributed by atoms with E-state index in [1.54, 1.807) is 0 Å². The van der Waals surface area contributed by atoms with E-state index in [0.717, 1.165) is 0 Å². The lowest BCUT2D eigenvalue weighted by Gasteiger charge is -2.23. The first-order valence-electron chi connectivity index (χ1n) is 14.9. The summed E-state index contributed by atoms with van der Waals surface area (Å²) >= 11 is 0. The summed E-state index contributed by atoms with van der Waals surface area (Å²) < 4.78 is 2.37. The van der Waals surface area contributed by atoms with Gasteiger partial charge in [0, 0.05) is 16.5 Å². The lowest BCUT2D eigenvalue weighted by Crippen LogP contribution is -1.97. The van der Waals surface area contributed by atoms with Gasteiger partial charge in [-0.05, 0) is 86.0 Å². The van der Waals surface area contributed by atoms with Crippen molar-refractivity contribution >= 4 is 21.8 Å². The molecule has 0 aliphatic heterocycles. The third-order valence-corrected chi connectivity index (χ3v) is 9.00. The predicted molar refractivity (Wildman–Crippen MR) is 182 cm³/mol. The first-order chi connectivity index (χ1) is 21.3. The summed E-state index contributed by atoms with van der Waals surface area (Å²) in [5.74, 6) is 0. The van der Waals surface area contributed by atoms with Crippen LogP contribution >= 0.6 is 0 Å². The molecular weight excluding hydrogens is 518 g/mol. The van der Waals surface area contributed by atoms with E-state index in [-0.39, 0.29) is 0 Å². The first-order valence-corrected chi connectivity index (χ1v) is 14.9. The van der Waals surface area contributed by atoms with Crippen molar-refractivity contribution in [2.75, 3.05) is 0 Å². The Bertz CT molecular complexity index is 2280. The molecule has 9 rings (SSSR count). The number of para-hydroxylation sites is 2. The molecule has 0 radical (unpaired) electrons. The minimum Gasteiger partial charge on any atom is -0.309 e. The molecule has 1 heterocycles. The molecule has 0 fully saturated rings. The van der Waals surface area contributed by atoms with Gasteiger partial charge in [-0.2, -0.15) is 0 Å². The van der Waals surface area contributed by atoms with Gasteiger partial charge in [-0.15, -0.1) is 0 Å². The summed E-state index contributed by atoms with van der Waals surface area (Å²) in [6.45, 7) is 0. The molecule has 200 valence electrons. The smallest absolute Gasteiger partial charge is 0.0541 e. The minimum absolute atomic E-state index is 1.17. The van der Waals surface area contributed by atoms with Gasteiger partial charge in [0.1, 0.15) is 0 Å². The van der Waals surface area contributed by atoms with Gasteiger partial charge in [0.05, 0.1) is 11.0 Å². The molecule has 0 amide bonds. The maximum absolute atomic E-state index is 2.38. The van der Waals surface area contributed by atoms with Gasteiger partial charge in [0.2, 0.25) is 0 Å². The molecule has 0 bridgehead atoms. The fourth-order valence-electron chi connectivity index (χ4n) is 7.04. The van der Waals surface area contributed by atoms with Crippen molar-refractivity contribution < 1.29 is 0 Å². The maximum Gasteiger partial charge on any atom is 0.0541 e. The molecule has 43 heavy (non-hydrogen) atoms. The highest BCUT2D eigenvalue weighted by Gasteiger charge is 2.22. The summed E-state index contributed by atoms with van der Waals surface area (Å²) in [4.78, 5) is 0. The van der Waals surface area contributed by atoms with E-state index in [4.69, 9.17) is 0 Å². The van der Waals surface area contributed by atoms with Crippen molar-refractivity contribution in [1.82, 2.24) is 4.57 Å². The van der Waals surface area contributed by atoms with Crippen molar-refractivity contribution in [1.29, 1.82) is 0 Å². The van der Waals surface area contributed by atoms with Crippen LogP contribution in [0.2, 0.25) is 0 Å². The van der Waals surface area contributed by atoms with Crippen LogP contribution in [0.4, 0.5) is 0 Å². The van der Waals surface area contributed by atoms with Crippen LogP contribution in [-0.4, -0.2) is 4.57 Å².